The van der Waals surface area contributed by atoms with Crippen LogP contribution in [0.5, 0.6) is 0 Å². The van der Waals surface area contributed by atoms with Crippen LogP contribution in [-0.2, 0) is 14.7 Å². The molecule has 0 aliphatic carbocycles. The van der Waals surface area contributed by atoms with Crippen LogP contribution in [0.25, 0.3) is 0 Å². The monoisotopic (exact) mass is 243 g/mol. The predicted molar refractivity (Wildman–Crippen MR) is 49.6 cm³/mol. The first-order valence-corrected chi connectivity index (χ1v) is 5.41. The van der Waals surface area contributed by atoms with Crippen LogP contribution in [0.2, 0.25) is 0 Å². The van der Waals surface area contributed by atoms with E-state index in [0.29, 0.717) is 0 Å². The van der Waals surface area contributed by atoms with Gasteiger partial charge < -0.3 is 0 Å². The van der Waals surface area contributed by atoms with E-state index in [1.807, 2.05) is 0 Å². The van der Waals surface area contributed by atoms with Crippen molar-refractivity contribution in [3.05, 3.63) is 35.4 Å². The molecule has 1 heterocycles. The highest BCUT2D eigenvalue weighted by atomic mass is 32.3. The molecule has 0 atom stereocenters. The molecule has 0 unspecified atom stereocenters. The second-order valence-corrected chi connectivity index (χ2v) is 3.96. The third-order valence-corrected chi connectivity index (χ3v) is 2.26. The van der Waals surface area contributed by atoms with Gasteiger partial charge in [0.05, 0.1) is 11.1 Å². The van der Waals surface area contributed by atoms with Gasteiger partial charge in [-0.2, -0.15) is 8.42 Å². The van der Waals surface area contributed by atoms with Crippen molar-refractivity contribution in [1.29, 1.82) is 0 Å². The molecule has 1 aliphatic rings. The Kier molecular flexibility index (Phi) is 2.26. The number of imide groups is 1. The Morgan fingerprint density at radius 3 is 1.88 bits per heavy atom. The van der Waals surface area contributed by atoms with Gasteiger partial charge in [-0.05, 0) is 12.1 Å². The summed E-state index contributed by atoms with van der Waals surface area (Å²) < 4.78 is 33.1. The van der Waals surface area contributed by atoms with Gasteiger partial charge in [-0.25, -0.2) is 0 Å². The molecule has 0 fully saturated rings. The number of hydrogen-bond donors (Lipinski definition) is 1. The largest absolute Gasteiger partial charge is 0.419 e. The highest BCUT2D eigenvalue weighted by molar-refractivity contribution is 7.80. The average Bonchev–Trinajstić information content (AvgIpc) is 2.43. The first-order valence-electron chi connectivity index (χ1n) is 4.05. The van der Waals surface area contributed by atoms with Crippen LogP contribution in [0.15, 0.2) is 24.3 Å². The zero-order valence-electron chi connectivity index (χ0n) is 7.65. The number of hydroxylamine groups is 2. The molecule has 7 nitrogen and oxygen atoms in total. The molecule has 0 aromatic heterocycles. The highest BCUT2D eigenvalue weighted by Crippen LogP contribution is 2.23. The van der Waals surface area contributed by atoms with E-state index >= 15 is 0 Å². The molecule has 2 amide bonds. The van der Waals surface area contributed by atoms with Crippen LogP contribution in [0.1, 0.15) is 20.7 Å². The molecule has 0 spiro atoms. The number of carbonyl (C=O) groups is 2. The Bertz CT molecular complexity index is 543. The molecule has 1 aliphatic heterocycles. The fourth-order valence-electron chi connectivity index (χ4n) is 1.33. The number of amides is 2. The molecule has 84 valence electrons. The quantitative estimate of drug-likeness (QED) is 0.580. The number of rotatable bonds is 2. The number of hydrogen-bond acceptors (Lipinski definition) is 5. The smallest absolute Gasteiger partial charge is 0.266 e. The summed E-state index contributed by atoms with van der Waals surface area (Å²) in [6, 6.07) is 5.73. The Morgan fingerprint density at radius 2 is 1.50 bits per heavy atom. The lowest BCUT2D eigenvalue weighted by Crippen LogP contribution is -2.32. The summed E-state index contributed by atoms with van der Waals surface area (Å²) in [6.45, 7) is 0. The molecule has 0 saturated heterocycles. The molecular weight excluding hydrogens is 238 g/mol. The van der Waals surface area contributed by atoms with Gasteiger partial charge in [0, 0.05) is 0 Å². The summed E-state index contributed by atoms with van der Waals surface area (Å²) in [5.74, 6) is -1.86. The number of nitrogens with zero attached hydrogens (tertiary/aromatic N) is 1. The van der Waals surface area contributed by atoms with Crippen LogP contribution in [0.4, 0.5) is 0 Å². The first kappa shape index (κ1) is 10.7. The third kappa shape index (κ3) is 1.69. The Balaban J connectivity index is 2.43. The van der Waals surface area contributed by atoms with E-state index in [9.17, 15) is 18.0 Å². The zero-order valence-corrected chi connectivity index (χ0v) is 8.47. The van der Waals surface area contributed by atoms with Gasteiger partial charge in [0.15, 0.2) is 0 Å². The van der Waals surface area contributed by atoms with Crippen molar-refractivity contribution in [2.45, 2.75) is 0 Å². The molecule has 1 N–H and O–H groups in total. The van der Waals surface area contributed by atoms with Gasteiger partial charge in [-0.1, -0.05) is 12.1 Å². The fraction of sp³-hybridized carbons (Fsp3) is 0. The minimum atomic E-state index is -4.91. The molecule has 1 aromatic rings. The molecule has 2 rings (SSSR count). The van der Waals surface area contributed by atoms with Gasteiger partial charge in [-0.15, -0.1) is 9.35 Å². The van der Waals surface area contributed by atoms with E-state index in [1.54, 1.807) is 0 Å². The summed E-state index contributed by atoms with van der Waals surface area (Å²) in [6.07, 6.45) is 0. The molecule has 0 saturated carbocycles. The van der Waals surface area contributed by atoms with E-state index in [0.717, 1.165) is 0 Å². The van der Waals surface area contributed by atoms with E-state index < -0.39 is 22.2 Å². The molecule has 1 aromatic carbocycles. The van der Waals surface area contributed by atoms with E-state index in [4.69, 9.17) is 4.55 Å². The van der Waals surface area contributed by atoms with Crippen LogP contribution in [-0.4, -0.2) is 29.8 Å². The Morgan fingerprint density at radius 1 is 1.06 bits per heavy atom. The third-order valence-electron chi connectivity index (χ3n) is 1.93. The van der Waals surface area contributed by atoms with Gasteiger partial charge in [0.2, 0.25) is 0 Å². The maximum Gasteiger partial charge on any atom is 0.419 e. The number of fused-ring (bicyclic) bond motifs is 1. The standard InChI is InChI=1S/C8H5NO6S/c10-7-5-3-1-2-4-6(5)8(11)9(7)15-16(12,13)14/h1-4H,(H,12,13,14). The van der Waals surface area contributed by atoms with E-state index in [1.165, 1.54) is 24.3 Å². The maximum atomic E-state index is 11.5. The van der Waals surface area contributed by atoms with Crippen molar-refractivity contribution >= 4 is 22.2 Å². The van der Waals surface area contributed by atoms with Crippen LogP contribution in [0.3, 0.4) is 0 Å². The van der Waals surface area contributed by atoms with Crippen molar-refractivity contribution in [2.24, 2.45) is 0 Å². The van der Waals surface area contributed by atoms with E-state index in [2.05, 4.69) is 4.28 Å². The minimum Gasteiger partial charge on any atom is -0.266 e. The van der Waals surface area contributed by atoms with Gasteiger partial charge in [0.1, 0.15) is 0 Å². The normalized spacial score (nSPS) is 15.4. The second-order valence-electron chi connectivity index (χ2n) is 2.95. The van der Waals surface area contributed by atoms with Crippen molar-refractivity contribution < 1.29 is 26.8 Å². The number of carbonyl (C=O) groups excluding carboxylic acids is 2. The molecule has 16 heavy (non-hydrogen) atoms. The first-order chi connectivity index (χ1) is 7.40. The molecular formula is C8H5NO6S. The predicted octanol–water partition coefficient (Wildman–Crippen LogP) is 0.0170. The number of benzene rings is 1. The summed E-state index contributed by atoms with van der Waals surface area (Å²) in [5, 5.41) is 0. The van der Waals surface area contributed by atoms with Crippen molar-refractivity contribution in [3.63, 3.8) is 0 Å². The van der Waals surface area contributed by atoms with Gasteiger partial charge in [0.25, 0.3) is 11.8 Å². The van der Waals surface area contributed by atoms with E-state index in [-0.39, 0.29) is 16.2 Å². The van der Waals surface area contributed by atoms with Gasteiger partial charge >= 0.3 is 10.4 Å². The van der Waals surface area contributed by atoms with Crippen molar-refractivity contribution in [3.8, 4) is 0 Å². The Hall–Kier alpha value is -1.77. The minimum absolute atomic E-state index is 0. The maximum absolute atomic E-state index is 11.5. The molecule has 0 radical (unpaired) electrons. The second kappa shape index (κ2) is 3.37. The lowest BCUT2D eigenvalue weighted by Gasteiger charge is -2.08. The summed E-state index contributed by atoms with van der Waals surface area (Å²) in [7, 11) is -4.91. The topological polar surface area (TPSA) is 101 Å². The molecule has 0 bridgehead atoms. The summed E-state index contributed by atoms with van der Waals surface area (Å²) >= 11 is 0. The lowest BCUT2D eigenvalue weighted by molar-refractivity contribution is -0.0167. The zero-order chi connectivity index (χ0) is 11.9. The lowest BCUT2D eigenvalue weighted by atomic mass is 10.1. The fourth-order valence-corrected chi connectivity index (χ4v) is 1.65. The summed E-state index contributed by atoms with van der Waals surface area (Å²) in [4.78, 5) is 23.0. The Labute approximate surface area is 90.1 Å². The molecule has 8 heteroatoms. The summed E-state index contributed by atoms with van der Waals surface area (Å²) in [5.41, 5.74) is 0.0484. The van der Waals surface area contributed by atoms with Gasteiger partial charge in [-0.3, -0.25) is 14.1 Å². The average molecular weight is 243 g/mol. The highest BCUT2D eigenvalue weighted by Gasteiger charge is 2.39. The van der Waals surface area contributed by atoms with Crippen LogP contribution in [0, 0.1) is 0 Å². The van der Waals surface area contributed by atoms with Crippen molar-refractivity contribution in [1.82, 2.24) is 5.06 Å². The van der Waals surface area contributed by atoms with Crippen molar-refractivity contribution in [2.75, 3.05) is 0 Å². The van der Waals surface area contributed by atoms with Crippen LogP contribution < -0.4 is 0 Å². The SMILES string of the molecule is O=C1c2ccccc2C(=O)N1OS(=O)(=O)O. The van der Waals surface area contributed by atoms with Crippen LogP contribution >= 0.6 is 0 Å².